The van der Waals surface area contributed by atoms with Gasteiger partial charge in [-0.2, -0.15) is 0 Å². The average Bonchev–Trinajstić information content (AvgIpc) is 2.74. The van der Waals surface area contributed by atoms with Crippen LogP contribution >= 0.6 is 0 Å². The first kappa shape index (κ1) is 22.8. The van der Waals surface area contributed by atoms with Crippen LogP contribution in [0.25, 0.3) is 0 Å². The van der Waals surface area contributed by atoms with Crippen LogP contribution in [0.2, 0.25) is 0 Å². The van der Waals surface area contributed by atoms with Crippen LogP contribution < -0.4 is 20.3 Å². The van der Waals surface area contributed by atoms with Gasteiger partial charge in [0.25, 0.3) is 11.5 Å². The molecule has 1 aromatic carbocycles. The van der Waals surface area contributed by atoms with Crippen LogP contribution in [0.4, 0.5) is 8.78 Å². The van der Waals surface area contributed by atoms with Gasteiger partial charge in [0.15, 0.2) is 11.5 Å². The zero-order chi connectivity index (χ0) is 22.6. The van der Waals surface area contributed by atoms with Crippen LogP contribution in [0.5, 0.6) is 11.5 Å². The van der Waals surface area contributed by atoms with Crippen molar-refractivity contribution in [2.45, 2.75) is 57.5 Å². The Labute approximate surface area is 180 Å². The Morgan fingerprint density at radius 3 is 2.48 bits per heavy atom. The number of pyridine rings is 1. The van der Waals surface area contributed by atoms with Crippen molar-refractivity contribution in [1.29, 1.82) is 0 Å². The number of carbonyl (C=O) groups excluding carboxylic acids is 1. The topological polar surface area (TPSA) is 69.6 Å². The van der Waals surface area contributed by atoms with Gasteiger partial charge in [0, 0.05) is 31.6 Å². The van der Waals surface area contributed by atoms with Crippen molar-refractivity contribution in [3.63, 3.8) is 0 Å². The molecule has 0 spiro atoms. The molecule has 0 aliphatic heterocycles. The third-order valence-electron chi connectivity index (χ3n) is 5.74. The second-order valence-corrected chi connectivity index (χ2v) is 7.92. The lowest BCUT2D eigenvalue weighted by Gasteiger charge is -2.28. The van der Waals surface area contributed by atoms with Crippen molar-refractivity contribution < 1.29 is 23.0 Å². The van der Waals surface area contributed by atoms with Crippen LogP contribution in [0.1, 0.15) is 47.2 Å². The maximum absolute atomic E-state index is 13.4. The molecule has 1 fully saturated rings. The Kier molecular flexibility index (Phi) is 6.97. The van der Waals surface area contributed by atoms with Gasteiger partial charge in [-0.15, -0.1) is 0 Å². The third-order valence-corrected chi connectivity index (χ3v) is 5.74. The lowest BCUT2D eigenvalue weighted by atomic mass is 9.92. The van der Waals surface area contributed by atoms with E-state index in [1.54, 1.807) is 39.5 Å². The SMILES string of the molecule is COc1ccc(CCn2ccc(C)c(C(=O)NC3CCC(F)(F)CC3)c2=O)cc1OC. The molecule has 8 heteroatoms. The molecule has 1 saturated carbocycles. The molecular formula is C23H28F2N2O4. The van der Waals surface area contributed by atoms with Crippen molar-refractivity contribution in [3.8, 4) is 11.5 Å². The van der Waals surface area contributed by atoms with E-state index in [2.05, 4.69) is 5.32 Å². The van der Waals surface area contributed by atoms with Crippen molar-refractivity contribution >= 4 is 5.91 Å². The number of methoxy groups -OCH3 is 2. The van der Waals surface area contributed by atoms with Crippen molar-refractivity contribution in [2.24, 2.45) is 0 Å². The molecule has 168 valence electrons. The summed E-state index contributed by atoms with van der Waals surface area (Å²) in [5.74, 6) is -1.94. The number of halogens is 2. The predicted molar refractivity (Wildman–Crippen MR) is 113 cm³/mol. The average molecular weight is 434 g/mol. The number of hydrogen-bond acceptors (Lipinski definition) is 4. The standard InChI is InChI=1S/C23H28F2N2O4/c1-15-8-12-27(13-9-16-4-5-18(30-2)19(14-16)31-3)22(29)20(15)21(28)26-17-6-10-23(24,25)11-7-17/h4-5,8,12,14,17H,6-7,9-11,13H2,1-3H3,(H,26,28). The molecule has 1 amide bonds. The van der Waals surface area contributed by atoms with Crippen LogP contribution in [-0.2, 0) is 13.0 Å². The zero-order valence-corrected chi connectivity index (χ0v) is 18.0. The molecule has 6 nitrogen and oxygen atoms in total. The van der Waals surface area contributed by atoms with Crippen LogP contribution in [0.15, 0.2) is 35.3 Å². The fraction of sp³-hybridized carbons (Fsp3) is 0.478. The first-order valence-corrected chi connectivity index (χ1v) is 10.3. The summed E-state index contributed by atoms with van der Waals surface area (Å²) < 4.78 is 38.7. The second-order valence-electron chi connectivity index (χ2n) is 7.92. The van der Waals surface area contributed by atoms with E-state index >= 15 is 0 Å². The molecule has 0 saturated heterocycles. The van der Waals surface area contributed by atoms with E-state index in [-0.39, 0.29) is 42.8 Å². The molecule has 3 rings (SSSR count). The van der Waals surface area contributed by atoms with Crippen LogP contribution in [-0.4, -0.2) is 36.7 Å². The first-order valence-electron chi connectivity index (χ1n) is 10.3. The number of hydrogen-bond donors (Lipinski definition) is 1. The van der Waals surface area contributed by atoms with Crippen LogP contribution in [0, 0.1) is 6.92 Å². The summed E-state index contributed by atoms with van der Waals surface area (Å²) in [5, 5.41) is 2.77. The van der Waals surface area contributed by atoms with E-state index in [0.717, 1.165) is 5.56 Å². The molecule has 0 unspecified atom stereocenters. The van der Waals surface area contributed by atoms with E-state index < -0.39 is 11.8 Å². The molecule has 2 aromatic rings. The number of amides is 1. The Hall–Kier alpha value is -2.90. The molecule has 1 N–H and O–H groups in total. The lowest BCUT2D eigenvalue weighted by molar-refractivity contribution is -0.0399. The van der Waals surface area contributed by atoms with E-state index in [9.17, 15) is 18.4 Å². The summed E-state index contributed by atoms with van der Waals surface area (Å²) >= 11 is 0. The number of carbonyl (C=O) groups is 1. The zero-order valence-electron chi connectivity index (χ0n) is 18.0. The summed E-state index contributed by atoms with van der Waals surface area (Å²) in [6.07, 6.45) is 2.14. The Balaban J connectivity index is 1.72. The summed E-state index contributed by atoms with van der Waals surface area (Å²) in [4.78, 5) is 25.7. The summed E-state index contributed by atoms with van der Waals surface area (Å²) in [6.45, 7) is 2.08. The smallest absolute Gasteiger partial charge is 0.263 e. The van der Waals surface area contributed by atoms with Gasteiger partial charge in [0.05, 0.1) is 14.2 Å². The maximum Gasteiger partial charge on any atom is 0.263 e. The van der Waals surface area contributed by atoms with Gasteiger partial charge in [0.1, 0.15) is 5.56 Å². The van der Waals surface area contributed by atoms with E-state index in [4.69, 9.17) is 9.47 Å². The van der Waals surface area contributed by atoms with Gasteiger partial charge in [-0.3, -0.25) is 9.59 Å². The van der Waals surface area contributed by atoms with Gasteiger partial charge < -0.3 is 19.4 Å². The fourth-order valence-electron chi connectivity index (χ4n) is 3.85. The quantitative estimate of drug-likeness (QED) is 0.721. The number of benzene rings is 1. The Morgan fingerprint density at radius 2 is 1.84 bits per heavy atom. The molecule has 1 aromatic heterocycles. The highest BCUT2D eigenvalue weighted by atomic mass is 19.3. The highest BCUT2D eigenvalue weighted by Gasteiger charge is 2.35. The second kappa shape index (κ2) is 9.49. The third kappa shape index (κ3) is 5.42. The van der Waals surface area contributed by atoms with E-state index in [1.807, 2.05) is 12.1 Å². The molecule has 0 bridgehead atoms. The highest BCUT2D eigenvalue weighted by molar-refractivity contribution is 5.95. The minimum Gasteiger partial charge on any atom is -0.493 e. The lowest BCUT2D eigenvalue weighted by Crippen LogP contribution is -2.43. The molecule has 0 radical (unpaired) electrons. The molecule has 1 heterocycles. The minimum absolute atomic E-state index is 0.0622. The monoisotopic (exact) mass is 434 g/mol. The predicted octanol–water partition coefficient (Wildman–Crippen LogP) is 3.72. The van der Waals surface area contributed by atoms with Crippen molar-refractivity contribution in [3.05, 3.63) is 57.5 Å². The van der Waals surface area contributed by atoms with Crippen LogP contribution in [0.3, 0.4) is 0 Å². The molecule has 1 aliphatic rings. The molecular weight excluding hydrogens is 406 g/mol. The Bertz CT molecular complexity index is 994. The van der Waals surface area contributed by atoms with Gasteiger partial charge in [-0.1, -0.05) is 6.07 Å². The van der Waals surface area contributed by atoms with Crippen molar-refractivity contribution in [1.82, 2.24) is 9.88 Å². The van der Waals surface area contributed by atoms with E-state index in [0.29, 0.717) is 30.0 Å². The maximum atomic E-state index is 13.4. The normalized spacial score (nSPS) is 16.0. The van der Waals surface area contributed by atoms with Gasteiger partial charge in [-0.25, -0.2) is 8.78 Å². The Morgan fingerprint density at radius 1 is 1.16 bits per heavy atom. The number of ether oxygens (including phenoxy) is 2. The number of aromatic nitrogens is 1. The number of rotatable bonds is 7. The fourth-order valence-corrected chi connectivity index (χ4v) is 3.85. The minimum atomic E-state index is -2.67. The number of aryl methyl sites for hydroxylation is 3. The van der Waals surface area contributed by atoms with Crippen molar-refractivity contribution in [2.75, 3.05) is 14.2 Å². The van der Waals surface area contributed by atoms with Gasteiger partial charge >= 0.3 is 0 Å². The van der Waals surface area contributed by atoms with Gasteiger partial charge in [0.2, 0.25) is 5.92 Å². The summed E-state index contributed by atoms with van der Waals surface area (Å²) in [7, 11) is 3.12. The summed E-state index contributed by atoms with van der Waals surface area (Å²) in [5.41, 5.74) is 1.19. The van der Waals surface area contributed by atoms with E-state index in [1.165, 1.54) is 4.57 Å². The number of alkyl halides is 2. The first-order chi connectivity index (χ1) is 14.7. The largest absolute Gasteiger partial charge is 0.493 e. The number of nitrogens with one attached hydrogen (secondary N) is 1. The number of nitrogens with zero attached hydrogens (tertiary/aromatic N) is 1. The van der Waals surface area contributed by atoms with Gasteiger partial charge in [-0.05, 0) is 55.5 Å². The summed E-state index contributed by atoms with van der Waals surface area (Å²) in [6, 6.07) is 6.93. The molecule has 31 heavy (non-hydrogen) atoms. The molecule has 1 aliphatic carbocycles. The molecule has 0 atom stereocenters. The highest BCUT2D eigenvalue weighted by Crippen LogP contribution is 2.33.